The second kappa shape index (κ2) is 8.17. The van der Waals surface area contributed by atoms with Crippen LogP contribution in [0.4, 0.5) is 0 Å². The van der Waals surface area contributed by atoms with E-state index in [1.165, 1.54) is 103 Å². The summed E-state index contributed by atoms with van der Waals surface area (Å²) in [6.07, 6.45) is 3.48. The SMILES string of the molecule is CC(C1=CCc2ccccc21)(c1cccc2ccccc12)c1cc2ccc3ccc4ccc5ccc6ccc1c1c6c5c4c3c21. The maximum absolute atomic E-state index is 2.54. The molecule has 0 heterocycles. The van der Waals surface area contributed by atoms with Crippen LogP contribution in [-0.4, -0.2) is 0 Å². The molecule has 45 heavy (non-hydrogen) atoms. The van der Waals surface area contributed by atoms with Gasteiger partial charge in [0.1, 0.15) is 0 Å². The van der Waals surface area contributed by atoms with Gasteiger partial charge in [-0.05, 0) is 123 Å². The fourth-order valence-corrected chi connectivity index (χ4v) is 9.25. The molecule has 0 aliphatic heterocycles. The largest absolute Gasteiger partial charge is 0.0750 e. The van der Waals surface area contributed by atoms with E-state index in [4.69, 9.17) is 0 Å². The molecule has 0 fully saturated rings. The van der Waals surface area contributed by atoms with Crippen LogP contribution in [0.15, 0.2) is 140 Å². The molecule has 11 rings (SSSR count). The van der Waals surface area contributed by atoms with E-state index in [9.17, 15) is 0 Å². The van der Waals surface area contributed by atoms with Crippen molar-refractivity contribution in [2.75, 3.05) is 0 Å². The standard InChI is InChI=1S/C45H28/c1-45(37-24-22-27-8-3-5-11-34(27)37,36-12-6-9-26-7-2-4-10-33(26)36)38-25-32-20-19-30-16-14-28-13-15-29-17-18-31-21-23-35(38)44-42(31)40(29)39(28)41(30)43(32)44/h2-21,23-25H,22H2,1H3. The number of hydrogen-bond donors (Lipinski definition) is 0. The summed E-state index contributed by atoms with van der Waals surface area (Å²) in [5.74, 6) is 0. The fraction of sp³-hybridized carbons (Fsp3) is 0.0667. The Hall–Kier alpha value is -5.46. The second-order valence-electron chi connectivity index (χ2n) is 13.3. The van der Waals surface area contributed by atoms with E-state index in [2.05, 4.69) is 146 Å². The Morgan fingerprint density at radius 1 is 0.422 bits per heavy atom. The van der Waals surface area contributed by atoms with Crippen LogP contribution < -0.4 is 0 Å². The number of hydrogen-bond acceptors (Lipinski definition) is 0. The van der Waals surface area contributed by atoms with E-state index in [1.54, 1.807) is 0 Å². The lowest BCUT2D eigenvalue weighted by molar-refractivity contribution is 0.764. The molecular weight excluding hydrogens is 540 g/mol. The third kappa shape index (κ3) is 2.84. The summed E-state index contributed by atoms with van der Waals surface area (Å²) in [5.41, 5.74) is 6.56. The molecule has 0 nitrogen and oxygen atoms in total. The third-order valence-corrected chi connectivity index (χ3v) is 11.2. The van der Waals surface area contributed by atoms with Crippen LogP contribution in [0.2, 0.25) is 0 Å². The second-order valence-corrected chi connectivity index (χ2v) is 13.3. The van der Waals surface area contributed by atoms with Gasteiger partial charge in [0.25, 0.3) is 0 Å². The molecule has 10 aromatic rings. The number of fused-ring (bicyclic) bond motifs is 2. The molecular formula is C45H28. The zero-order chi connectivity index (χ0) is 29.4. The number of allylic oxidation sites excluding steroid dienone is 2. The van der Waals surface area contributed by atoms with Crippen LogP contribution >= 0.6 is 0 Å². The summed E-state index contributed by atoms with van der Waals surface area (Å²) in [6.45, 7) is 2.49. The summed E-state index contributed by atoms with van der Waals surface area (Å²) in [5, 5.41) is 19.1. The van der Waals surface area contributed by atoms with E-state index in [0.717, 1.165) is 6.42 Å². The molecule has 0 bridgehead atoms. The van der Waals surface area contributed by atoms with Gasteiger partial charge < -0.3 is 0 Å². The van der Waals surface area contributed by atoms with E-state index < -0.39 is 0 Å². The molecule has 1 atom stereocenters. The Morgan fingerprint density at radius 3 is 1.71 bits per heavy atom. The van der Waals surface area contributed by atoms with Crippen LogP contribution in [0.3, 0.4) is 0 Å². The number of rotatable bonds is 3. The van der Waals surface area contributed by atoms with Crippen molar-refractivity contribution in [1.82, 2.24) is 0 Å². The maximum atomic E-state index is 2.54. The molecule has 0 saturated heterocycles. The van der Waals surface area contributed by atoms with Gasteiger partial charge in [0.2, 0.25) is 0 Å². The van der Waals surface area contributed by atoms with Gasteiger partial charge >= 0.3 is 0 Å². The molecule has 208 valence electrons. The molecule has 0 radical (unpaired) electrons. The predicted octanol–water partition coefficient (Wildman–Crippen LogP) is 12.0. The van der Waals surface area contributed by atoms with Gasteiger partial charge in [-0.15, -0.1) is 0 Å². The molecule has 0 aromatic heterocycles. The summed E-state index contributed by atoms with van der Waals surface area (Å²) in [7, 11) is 0. The maximum Gasteiger partial charge on any atom is 0.0438 e. The minimum absolute atomic E-state index is 0.388. The molecule has 0 saturated carbocycles. The zero-order valence-electron chi connectivity index (χ0n) is 25.0. The van der Waals surface area contributed by atoms with Gasteiger partial charge in [-0.2, -0.15) is 0 Å². The minimum Gasteiger partial charge on any atom is -0.0750 e. The summed E-state index contributed by atoms with van der Waals surface area (Å²) in [6, 6.07) is 50.8. The first kappa shape index (κ1) is 23.9. The summed E-state index contributed by atoms with van der Waals surface area (Å²) >= 11 is 0. The van der Waals surface area contributed by atoms with E-state index >= 15 is 0 Å². The lowest BCUT2D eigenvalue weighted by Crippen LogP contribution is -2.26. The van der Waals surface area contributed by atoms with E-state index in [-0.39, 0.29) is 5.41 Å². The minimum atomic E-state index is -0.388. The van der Waals surface area contributed by atoms with Crippen molar-refractivity contribution in [2.45, 2.75) is 18.8 Å². The van der Waals surface area contributed by atoms with Crippen molar-refractivity contribution < 1.29 is 0 Å². The van der Waals surface area contributed by atoms with Crippen molar-refractivity contribution in [2.24, 2.45) is 0 Å². The van der Waals surface area contributed by atoms with Crippen molar-refractivity contribution in [3.63, 3.8) is 0 Å². The molecule has 0 heteroatoms. The highest BCUT2D eigenvalue weighted by molar-refractivity contribution is 6.44. The quantitative estimate of drug-likeness (QED) is 0.147. The average Bonchev–Trinajstić information content (AvgIpc) is 3.54. The monoisotopic (exact) mass is 568 g/mol. The van der Waals surface area contributed by atoms with E-state index in [0.29, 0.717) is 0 Å². The lowest BCUT2D eigenvalue weighted by Gasteiger charge is -2.36. The van der Waals surface area contributed by atoms with Crippen molar-refractivity contribution in [3.05, 3.63) is 162 Å². The van der Waals surface area contributed by atoms with Gasteiger partial charge in [-0.3, -0.25) is 0 Å². The first-order valence-electron chi connectivity index (χ1n) is 16.1. The smallest absolute Gasteiger partial charge is 0.0438 e. The Bertz CT molecular complexity index is 2780. The number of benzene rings is 10. The van der Waals surface area contributed by atoms with E-state index in [1.807, 2.05) is 0 Å². The van der Waals surface area contributed by atoms with Crippen molar-refractivity contribution >= 4 is 81.0 Å². The van der Waals surface area contributed by atoms with Gasteiger partial charge in [-0.1, -0.05) is 133 Å². The van der Waals surface area contributed by atoms with Gasteiger partial charge in [-0.25, -0.2) is 0 Å². The summed E-state index contributed by atoms with van der Waals surface area (Å²) < 4.78 is 0. The zero-order valence-corrected chi connectivity index (χ0v) is 25.0. The van der Waals surface area contributed by atoms with Gasteiger partial charge in [0.05, 0.1) is 0 Å². The Balaban J connectivity index is 1.38. The first-order valence-corrected chi connectivity index (χ1v) is 16.1. The Morgan fingerprint density at radius 2 is 0.978 bits per heavy atom. The molecule has 10 aromatic carbocycles. The molecule has 1 aliphatic carbocycles. The third-order valence-electron chi connectivity index (χ3n) is 11.2. The molecule has 0 amide bonds. The Labute approximate surface area is 260 Å². The van der Waals surface area contributed by atoms with Crippen LogP contribution in [-0.2, 0) is 11.8 Å². The van der Waals surface area contributed by atoms with Gasteiger partial charge in [0.15, 0.2) is 0 Å². The highest BCUT2D eigenvalue weighted by atomic mass is 14.4. The van der Waals surface area contributed by atoms with Crippen molar-refractivity contribution in [3.8, 4) is 0 Å². The first-order chi connectivity index (χ1) is 22.2. The van der Waals surface area contributed by atoms with Crippen LogP contribution in [0.25, 0.3) is 81.0 Å². The fourth-order valence-electron chi connectivity index (χ4n) is 9.25. The van der Waals surface area contributed by atoms with Crippen LogP contribution in [0, 0.1) is 0 Å². The average molecular weight is 569 g/mol. The molecule has 1 unspecified atom stereocenters. The Kier molecular flexibility index (Phi) is 4.34. The summed E-state index contributed by atoms with van der Waals surface area (Å²) in [4.78, 5) is 0. The van der Waals surface area contributed by atoms with Gasteiger partial charge in [0, 0.05) is 5.41 Å². The van der Waals surface area contributed by atoms with Crippen LogP contribution in [0.5, 0.6) is 0 Å². The predicted molar refractivity (Wildman–Crippen MR) is 194 cm³/mol. The highest BCUT2D eigenvalue weighted by Gasteiger charge is 2.39. The molecule has 1 aliphatic rings. The highest BCUT2D eigenvalue weighted by Crippen LogP contribution is 2.55. The van der Waals surface area contributed by atoms with Crippen LogP contribution in [0.1, 0.15) is 29.2 Å². The molecule has 0 spiro atoms. The topological polar surface area (TPSA) is 0 Å². The normalized spacial score (nSPS) is 15.0. The van der Waals surface area contributed by atoms with Crippen molar-refractivity contribution in [1.29, 1.82) is 0 Å². The molecule has 0 N–H and O–H groups in total. The lowest BCUT2D eigenvalue weighted by atomic mass is 9.66.